The molecule has 0 N–H and O–H groups in total. The largest absolute Gasteiger partial charge is 0.402 e. The van der Waals surface area contributed by atoms with Gasteiger partial charge in [0.25, 0.3) is 5.88 Å². The van der Waals surface area contributed by atoms with Crippen molar-refractivity contribution >= 4 is 18.5 Å². The number of aromatic nitrogens is 1. The van der Waals surface area contributed by atoms with E-state index < -0.39 is 6.72 Å². The van der Waals surface area contributed by atoms with Crippen LogP contribution in [0.5, 0.6) is 5.88 Å². The first-order chi connectivity index (χ1) is 7.52. The summed E-state index contributed by atoms with van der Waals surface area (Å²) in [6, 6.07) is 0. The highest BCUT2D eigenvalue weighted by molar-refractivity contribution is 8.07. The van der Waals surface area contributed by atoms with Crippen molar-refractivity contribution < 1.29 is 18.1 Å². The van der Waals surface area contributed by atoms with Gasteiger partial charge >= 0.3 is 6.72 Å². The highest BCUT2D eigenvalue weighted by atomic mass is 32.5. The zero-order valence-corrected chi connectivity index (χ0v) is 11.6. The molecule has 0 bridgehead atoms. The van der Waals surface area contributed by atoms with E-state index in [9.17, 15) is 0 Å². The number of aryl methyl sites for hydroxylation is 1. The summed E-state index contributed by atoms with van der Waals surface area (Å²) in [7, 11) is 0. The third-order valence-electron chi connectivity index (χ3n) is 1.89. The predicted molar refractivity (Wildman–Crippen MR) is 64.1 cm³/mol. The second-order valence-electron chi connectivity index (χ2n) is 3.04. The molecule has 0 atom stereocenters. The van der Waals surface area contributed by atoms with E-state index >= 15 is 0 Å². The summed E-state index contributed by atoms with van der Waals surface area (Å²) < 4.78 is 21.2. The molecule has 0 aliphatic heterocycles. The van der Waals surface area contributed by atoms with Gasteiger partial charge in [0.05, 0.1) is 18.8 Å². The van der Waals surface area contributed by atoms with E-state index in [0.29, 0.717) is 24.9 Å². The van der Waals surface area contributed by atoms with Gasteiger partial charge in [-0.2, -0.15) is 0 Å². The molecule has 0 aliphatic carbocycles. The highest BCUT2D eigenvalue weighted by Crippen LogP contribution is 2.50. The summed E-state index contributed by atoms with van der Waals surface area (Å²) in [6.07, 6.45) is 0. The second kappa shape index (κ2) is 5.77. The molecule has 0 saturated heterocycles. The molecule has 0 fully saturated rings. The van der Waals surface area contributed by atoms with Gasteiger partial charge in [0, 0.05) is 11.8 Å². The first kappa shape index (κ1) is 13.6. The number of hydrogen-bond donors (Lipinski definition) is 0. The van der Waals surface area contributed by atoms with E-state index in [-0.39, 0.29) is 0 Å². The fraction of sp³-hybridized carbons (Fsp3) is 0.667. The standard InChI is InChI=1S/C9H16NO4PS/c1-5-11-15(16,12-6-2)14-9-7(3)8(4)13-10-9/h5-6H2,1-4H3. The average molecular weight is 265 g/mol. The van der Waals surface area contributed by atoms with Gasteiger partial charge in [0.2, 0.25) is 0 Å². The van der Waals surface area contributed by atoms with E-state index in [0.717, 1.165) is 5.56 Å². The molecular formula is C9H16NO4PS. The Morgan fingerprint density at radius 1 is 1.25 bits per heavy atom. The Labute approximate surface area is 100 Å². The number of hydrogen-bond acceptors (Lipinski definition) is 6. The molecule has 0 spiro atoms. The summed E-state index contributed by atoms with van der Waals surface area (Å²) in [5.74, 6) is 1.05. The molecule has 5 nitrogen and oxygen atoms in total. The van der Waals surface area contributed by atoms with Crippen molar-refractivity contribution in [1.82, 2.24) is 5.16 Å². The smallest absolute Gasteiger partial charge is 0.381 e. The Morgan fingerprint density at radius 3 is 2.19 bits per heavy atom. The lowest BCUT2D eigenvalue weighted by molar-refractivity contribution is 0.212. The van der Waals surface area contributed by atoms with Gasteiger partial charge in [-0.25, -0.2) is 0 Å². The predicted octanol–water partition coefficient (Wildman–Crippen LogP) is 2.97. The van der Waals surface area contributed by atoms with Crippen LogP contribution in [-0.2, 0) is 20.9 Å². The lowest BCUT2D eigenvalue weighted by Gasteiger charge is -2.19. The van der Waals surface area contributed by atoms with Gasteiger partial charge in [0.1, 0.15) is 5.76 Å². The molecule has 0 aromatic carbocycles. The zero-order chi connectivity index (χ0) is 12.2. The minimum absolute atomic E-state index is 0.350. The summed E-state index contributed by atoms with van der Waals surface area (Å²) in [4.78, 5) is 0. The molecule has 1 rings (SSSR count). The Hall–Kier alpha value is -0.420. The van der Waals surface area contributed by atoms with E-state index in [2.05, 4.69) is 5.16 Å². The van der Waals surface area contributed by atoms with Gasteiger partial charge in [-0.3, -0.25) is 9.05 Å². The van der Waals surface area contributed by atoms with Gasteiger partial charge in [-0.15, -0.1) is 0 Å². The van der Waals surface area contributed by atoms with Crippen LogP contribution in [0, 0.1) is 13.8 Å². The van der Waals surface area contributed by atoms with Crippen molar-refractivity contribution in [2.75, 3.05) is 13.2 Å². The molecule has 0 radical (unpaired) electrons. The van der Waals surface area contributed by atoms with Crippen LogP contribution in [-0.4, -0.2) is 18.4 Å². The van der Waals surface area contributed by atoms with Crippen molar-refractivity contribution in [3.05, 3.63) is 11.3 Å². The monoisotopic (exact) mass is 265 g/mol. The minimum Gasteiger partial charge on any atom is -0.402 e. The Balaban J connectivity index is 2.83. The molecular weight excluding hydrogens is 249 g/mol. The van der Waals surface area contributed by atoms with E-state index in [1.54, 1.807) is 6.92 Å². The number of rotatable bonds is 6. The van der Waals surface area contributed by atoms with Crippen LogP contribution < -0.4 is 4.52 Å². The van der Waals surface area contributed by atoms with Gasteiger partial charge in [-0.05, 0) is 32.9 Å². The molecule has 1 aromatic rings. The van der Waals surface area contributed by atoms with Gasteiger partial charge < -0.3 is 9.05 Å². The summed E-state index contributed by atoms with van der Waals surface area (Å²) in [5, 5.41) is 3.77. The van der Waals surface area contributed by atoms with Gasteiger partial charge in [-0.1, -0.05) is 0 Å². The maximum absolute atomic E-state index is 5.51. The van der Waals surface area contributed by atoms with E-state index in [4.69, 9.17) is 29.9 Å². The molecule has 16 heavy (non-hydrogen) atoms. The van der Waals surface area contributed by atoms with Crippen molar-refractivity contribution in [3.8, 4) is 5.88 Å². The Bertz CT molecular complexity index is 383. The van der Waals surface area contributed by atoms with Crippen LogP contribution >= 0.6 is 6.72 Å². The van der Waals surface area contributed by atoms with Crippen LogP contribution in [0.4, 0.5) is 0 Å². The van der Waals surface area contributed by atoms with Crippen molar-refractivity contribution in [2.24, 2.45) is 0 Å². The average Bonchev–Trinajstić information content (AvgIpc) is 2.50. The topological polar surface area (TPSA) is 53.7 Å². The van der Waals surface area contributed by atoms with Crippen LogP contribution in [0.25, 0.3) is 0 Å². The van der Waals surface area contributed by atoms with Crippen LogP contribution in [0.2, 0.25) is 0 Å². The Kier molecular flexibility index (Phi) is 4.92. The molecule has 0 aliphatic rings. The van der Waals surface area contributed by atoms with Crippen molar-refractivity contribution in [1.29, 1.82) is 0 Å². The summed E-state index contributed by atoms with van der Waals surface area (Å²) in [5.41, 5.74) is 0.814. The van der Waals surface area contributed by atoms with Crippen LogP contribution in [0.3, 0.4) is 0 Å². The quantitative estimate of drug-likeness (QED) is 0.737. The fourth-order valence-electron chi connectivity index (χ4n) is 0.995. The zero-order valence-electron chi connectivity index (χ0n) is 9.85. The molecule has 1 aromatic heterocycles. The maximum Gasteiger partial charge on any atom is 0.381 e. The highest BCUT2D eigenvalue weighted by Gasteiger charge is 2.24. The van der Waals surface area contributed by atoms with E-state index in [1.165, 1.54) is 0 Å². The van der Waals surface area contributed by atoms with Crippen LogP contribution in [0.15, 0.2) is 4.52 Å². The third-order valence-corrected chi connectivity index (χ3v) is 4.29. The normalized spacial score (nSPS) is 11.8. The summed E-state index contributed by atoms with van der Waals surface area (Å²) in [6.45, 7) is 5.46. The second-order valence-corrected chi connectivity index (χ2v) is 5.98. The fourth-order valence-corrected chi connectivity index (χ4v) is 3.03. The summed E-state index contributed by atoms with van der Waals surface area (Å²) >= 11 is 5.21. The number of nitrogens with zero attached hydrogens (tertiary/aromatic N) is 1. The molecule has 0 amide bonds. The first-order valence-electron chi connectivity index (χ1n) is 5.04. The maximum atomic E-state index is 5.51. The van der Waals surface area contributed by atoms with E-state index in [1.807, 2.05) is 20.8 Å². The van der Waals surface area contributed by atoms with Crippen molar-refractivity contribution in [2.45, 2.75) is 27.7 Å². The Morgan fingerprint density at radius 2 is 1.81 bits per heavy atom. The third kappa shape index (κ3) is 3.28. The lowest BCUT2D eigenvalue weighted by atomic mass is 10.3. The van der Waals surface area contributed by atoms with Crippen LogP contribution in [0.1, 0.15) is 25.2 Å². The molecule has 0 unspecified atom stereocenters. The van der Waals surface area contributed by atoms with Gasteiger partial charge in [0.15, 0.2) is 0 Å². The molecule has 0 saturated carbocycles. The molecule has 92 valence electrons. The first-order valence-corrected chi connectivity index (χ1v) is 7.59. The lowest BCUT2D eigenvalue weighted by Crippen LogP contribution is -2.02. The molecule has 7 heteroatoms. The minimum atomic E-state index is -2.74. The molecule has 1 heterocycles. The SMILES string of the molecule is CCOP(=S)(OCC)Oc1noc(C)c1C. The van der Waals surface area contributed by atoms with Crippen molar-refractivity contribution in [3.63, 3.8) is 0 Å².